The van der Waals surface area contributed by atoms with Crippen LogP contribution in [0, 0.1) is 12.8 Å². The molecule has 5 heteroatoms. The normalized spacial score (nSPS) is 15.5. The van der Waals surface area contributed by atoms with Gasteiger partial charge in [0.2, 0.25) is 0 Å². The lowest BCUT2D eigenvalue weighted by atomic mass is 10.1. The molecule has 0 saturated heterocycles. The largest absolute Gasteiger partial charge is 0.497 e. The van der Waals surface area contributed by atoms with Crippen molar-refractivity contribution in [3.8, 4) is 5.75 Å². The number of thiazole rings is 1. The highest BCUT2D eigenvalue weighted by Crippen LogP contribution is 2.42. The van der Waals surface area contributed by atoms with Gasteiger partial charge < -0.3 is 10.1 Å². The summed E-state index contributed by atoms with van der Waals surface area (Å²) in [5, 5.41) is 6.17. The van der Waals surface area contributed by atoms with E-state index < -0.39 is 0 Å². The number of hydrogen-bond donors (Lipinski definition) is 1. The number of carbonyl (C=O) groups excluding carboxylic acids is 1. The zero-order valence-electron chi connectivity index (χ0n) is 12.1. The fourth-order valence-corrected chi connectivity index (χ4v) is 3.23. The third-order valence-corrected chi connectivity index (χ3v) is 4.68. The van der Waals surface area contributed by atoms with Crippen LogP contribution in [0.2, 0.25) is 0 Å². The molecular formula is C16H18N2O2S. The van der Waals surface area contributed by atoms with Crippen LogP contribution in [0.4, 0.5) is 0 Å². The zero-order chi connectivity index (χ0) is 14.8. The van der Waals surface area contributed by atoms with Gasteiger partial charge >= 0.3 is 0 Å². The molecule has 1 aromatic heterocycles. The molecule has 1 amide bonds. The first-order valence-corrected chi connectivity index (χ1v) is 7.92. The monoisotopic (exact) mass is 302 g/mol. The highest BCUT2D eigenvalue weighted by molar-refractivity contribution is 7.09. The highest BCUT2D eigenvalue weighted by atomic mass is 32.1. The minimum atomic E-state index is -0.0533. The van der Waals surface area contributed by atoms with E-state index in [4.69, 9.17) is 4.74 Å². The summed E-state index contributed by atoms with van der Waals surface area (Å²) in [6.45, 7) is 1.98. The molecule has 21 heavy (non-hydrogen) atoms. The molecule has 0 radical (unpaired) electrons. The third kappa shape index (κ3) is 3.24. The molecule has 1 aliphatic rings. The minimum Gasteiger partial charge on any atom is -0.497 e. The van der Waals surface area contributed by atoms with E-state index in [1.807, 2.05) is 12.3 Å². The topological polar surface area (TPSA) is 51.2 Å². The van der Waals surface area contributed by atoms with Crippen LogP contribution in [0.1, 0.15) is 39.9 Å². The van der Waals surface area contributed by atoms with Crippen LogP contribution in [-0.2, 0) is 0 Å². The van der Waals surface area contributed by atoms with Crippen molar-refractivity contribution in [2.75, 3.05) is 7.11 Å². The average Bonchev–Trinajstić information content (AvgIpc) is 3.26. The third-order valence-electron chi connectivity index (χ3n) is 3.64. The van der Waals surface area contributed by atoms with E-state index in [-0.39, 0.29) is 11.9 Å². The van der Waals surface area contributed by atoms with E-state index in [2.05, 4.69) is 10.3 Å². The quantitative estimate of drug-likeness (QED) is 0.921. The van der Waals surface area contributed by atoms with Gasteiger partial charge in [-0.2, -0.15) is 0 Å². The molecule has 3 rings (SSSR count). The van der Waals surface area contributed by atoms with Gasteiger partial charge in [0, 0.05) is 16.6 Å². The summed E-state index contributed by atoms with van der Waals surface area (Å²) in [5.74, 6) is 1.22. The van der Waals surface area contributed by atoms with E-state index >= 15 is 0 Å². The van der Waals surface area contributed by atoms with Crippen LogP contribution in [0.15, 0.2) is 29.6 Å². The second kappa shape index (κ2) is 5.85. The van der Waals surface area contributed by atoms with Gasteiger partial charge in [0.1, 0.15) is 10.8 Å². The standard InChI is InChI=1S/C16H18N2O2S/c1-10-9-21-16(17-10)14(11-3-4-11)18-15(19)12-5-7-13(20-2)8-6-12/h5-9,11,14H,3-4H2,1-2H3,(H,18,19)/t14-/m1/s1. The lowest BCUT2D eigenvalue weighted by Crippen LogP contribution is -2.29. The summed E-state index contributed by atoms with van der Waals surface area (Å²) in [6, 6.07) is 7.21. The minimum absolute atomic E-state index is 0.0401. The van der Waals surface area contributed by atoms with Crippen molar-refractivity contribution in [1.82, 2.24) is 10.3 Å². The molecular weight excluding hydrogens is 284 g/mol. The van der Waals surface area contributed by atoms with Crippen LogP contribution >= 0.6 is 11.3 Å². The number of nitrogens with zero attached hydrogens (tertiary/aromatic N) is 1. The summed E-state index contributed by atoms with van der Waals surface area (Å²) >= 11 is 1.62. The van der Waals surface area contributed by atoms with Gasteiger partial charge in [-0.15, -0.1) is 11.3 Å². The number of amides is 1. The number of aromatic nitrogens is 1. The SMILES string of the molecule is COc1ccc(C(=O)N[C@@H](c2nc(C)cs2)C2CC2)cc1. The number of carbonyl (C=O) groups is 1. The molecule has 0 unspecified atom stereocenters. The fourth-order valence-electron chi connectivity index (χ4n) is 2.29. The van der Waals surface area contributed by atoms with E-state index in [0.29, 0.717) is 11.5 Å². The maximum atomic E-state index is 12.4. The summed E-state index contributed by atoms with van der Waals surface area (Å²) in [5.41, 5.74) is 1.66. The number of benzene rings is 1. The number of ether oxygens (including phenoxy) is 1. The summed E-state index contributed by atoms with van der Waals surface area (Å²) < 4.78 is 5.11. The molecule has 0 spiro atoms. The number of rotatable bonds is 5. The second-order valence-electron chi connectivity index (χ2n) is 5.34. The van der Waals surface area contributed by atoms with E-state index in [1.54, 1.807) is 42.7 Å². The van der Waals surface area contributed by atoms with Gasteiger partial charge in [-0.3, -0.25) is 4.79 Å². The van der Waals surface area contributed by atoms with Crippen molar-refractivity contribution in [1.29, 1.82) is 0 Å². The van der Waals surface area contributed by atoms with Gasteiger partial charge in [0.25, 0.3) is 5.91 Å². The first-order chi connectivity index (χ1) is 10.2. The predicted octanol–water partition coefficient (Wildman–Crippen LogP) is 3.34. The Morgan fingerprint density at radius 2 is 2.10 bits per heavy atom. The molecule has 2 aromatic rings. The van der Waals surface area contributed by atoms with E-state index in [1.165, 1.54) is 0 Å². The molecule has 1 saturated carbocycles. The lowest BCUT2D eigenvalue weighted by Gasteiger charge is -2.16. The van der Waals surface area contributed by atoms with Crippen molar-refractivity contribution >= 4 is 17.2 Å². The molecule has 1 aromatic carbocycles. The lowest BCUT2D eigenvalue weighted by molar-refractivity contribution is 0.0931. The van der Waals surface area contributed by atoms with Crippen LogP contribution in [0.5, 0.6) is 5.75 Å². The molecule has 4 nitrogen and oxygen atoms in total. The van der Waals surface area contributed by atoms with Gasteiger partial charge in [0.05, 0.1) is 13.2 Å². The van der Waals surface area contributed by atoms with Crippen molar-refractivity contribution < 1.29 is 9.53 Å². The first-order valence-electron chi connectivity index (χ1n) is 7.04. The Morgan fingerprint density at radius 1 is 1.38 bits per heavy atom. The maximum absolute atomic E-state index is 12.4. The van der Waals surface area contributed by atoms with Gasteiger partial charge in [-0.25, -0.2) is 4.98 Å². The molecule has 1 N–H and O–H groups in total. The van der Waals surface area contributed by atoms with E-state index in [0.717, 1.165) is 29.3 Å². The molecule has 0 aliphatic heterocycles. The molecule has 1 aliphatic carbocycles. The smallest absolute Gasteiger partial charge is 0.251 e. The van der Waals surface area contributed by atoms with Crippen molar-refractivity contribution in [2.45, 2.75) is 25.8 Å². The fraction of sp³-hybridized carbons (Fsp3) is 0.375. The molecule has 0 bridgehead atoms. The predicted molar refractivity (Wildman–Crippen MR) is 82.8 cm³/mol. The Bertz CT molecular complexity index is 632. The van der Waals surface area contributed by atoms with Crippen LogP contribution in [0.3, 0.4) is 0 Å². The second-order valence-corrected chi connectivity index (χ2v) is 6.23. The van der Waals surface area contributed by atoms with Crippen LogP contribution in [-0.4, -0.2) is 18.0 Å². The Morgan fingerprint density at radius 3 is 2.62 bits per heavy atom. The Kier molecular flexibility index (Phi) is 3.92. The summed E-state index contributed by atoms with van der Waals surface area (Å²) in [7, 11) is 1.61. The average molecular weight is 302 g/mol. The number of methoxy groups -OCH3 is 1. The molecule has 1 atom stereocenters. The van der Waals surface area contributed by atoms with Crippen molar-refractivity contribution in [2.24, 2.45) is 5.92 Å². The Hall–Kier alpha value is -1.88. The van der Waals surface area contributed by atoms with Gasteiger partial charge in [-0.1, -0.05) is 0 Å². The Balaban J connectivity index is 1.74. The zero-order valence-corrected chi connectivity index (χ0v) is 12.9. The first kappa shape index (κ1) is 14.1. The van der Waals surface area contributed by atoms with Crippen LogP contribution < -0.4 is 10.1 Å². The summed E-state index contributed by atoms with van der Waals surface area (Å²) in [6.07, 6.45) is 2.32. The summed E-state index contributed by atoms with van der Waals surface area (Å²) in [4.78, 5) is 16.9. The Labute approximate surface area is 128 Å². The number of nitrogens with one attached hydrogen (secondary N) is 1. The molecule has 1 heterocycles. The molecule has 1 fully saturated rings. The number of aryl methyl sites for hydroxylation is 1. The molecule has 110 valence electrons. The number of hydrogen-bond acceptors (Lipinski definition) is 4. The van der Waals surface area contributed by atoms with Crippen molar-refractivity contribution in [3.05, 3.63) is 45.9 Å². The van der Waals surface area contributed by atoms with Crippen LogP contribution in [0.25, 0.3) is 0 Å². The van der Waals surface area contributed by atoms with Gasteiger partial charge in [0.15, 0.2) is 0 Å². The van der Waals surface area contributed by atoms with Crippen molar-refractivity contribution in [3.63, 3.8) is 0 Å². The van der Waals surface area contributed by atoms with E-state index in [9.17, 15) is 4.79 Å². The van der Waals surface area contributed by atoms with Gasteiger partial charge in [-0.05, 0) is 49.9 Å². The highest BCUT2D eigenvalue weighted by Gasteiger charge is 2.35. The maximum Gasteiger partial charge on any atom is 0.251 e.